The van der Waals surface area contributed by atoms with Gasteiger partial charge in [-0.25, -0.2) is 0 Å². The molecule has 1 fully saturated rings. The number of carbonyl (C=O) groups excluding carboxylic acids is 2. The van der Waals surface area contributed by atoms with E-state index in [2.05, 4.69) is 5.32 Å². The normalized spacial score (nSPS) is 13.6. The number of carbonyl (C=O) groups is 2. The molecule has 0 spiro atoms. The molecule has 0 aromatic heterocycles. The van der Waals surface area contributed by atoms with Gasteiger partial charge in [-0.2, -0.15) is 0 Å². The number of hydrogen-bond donors (Lipinski definition) is 1. The van der Waals surface area contributed by atoms with Crippen molar-refractivity contribution < 1.29 is 19.1 Å². The number of benzene rings is 2. The molecular formula is C20H22N2O4. The molecule has 1 N–H and O–H groups in total. The van der Waals surface area contributed by atoms with Gasteiger partial charge in [0.1, 0.15) is 0 Å². The maximum absolute atomic E-state index is 12.7. The van der Waals surface area contributed by atoms with Crippen LogP contribution >= 0.6 is 0 Å². The van der Waals surface area contributed by atoms with E-state index in [1.54, 1.807) is 18.2 Å². The molecule has 6 nitrogen and oxygen atoms in total. The molecule has 136 valence electrons. The Hall–Kier alpha value is -3.02. The first-order valence-corrected chi connectivity index (χ1v) is 8.51. The lowest BCUT2D eigenvalue weighted by Crippen LogP contribution is -2.23. The maximum atomic E-state index is 12.7. The number of nitrogens with one attached hydrogen (secondary N) is 1. The zero-order valence-corrected chi connectivity index (χ0v) is 15.0. The fourth-order valence-corrected chi connectivity index (χ4v) is 3.10. The summed E-state index contributed by atoms with van der Waals surface area (Å²) in [5.74, 6) is 0.795. The van der Waals surface area contributed by atoms with E-state index in [4.69, 9.17) is 9.47 Å². The molecule has 0 aliphatic carbocycles. The highest BCUT2D eigenvalue weighted by Gasteiger charge is 2.20. The lowest BCUT2D eigenvalue weighted by molar-refractivity contribution is -0.128. The quantitative estimate of drug-likeness (QED) is 0.866. The van der Waals surface area contributed by atoms with E-state index in [0.717, 1.165) is 18.5 Å². The van der Waals surface area contributed by atoms with Gasteiger partial charge < -0.3 is 19.7 Å². The summed E-state index contributed by atoms with van der Waals surface area (Å²) >= 11 is 0. The number of para-hydroxylation sites is 1. The first-order chi connectivity index (χ1) is 12.6. The van der Waals surface area contributed by atoms with Crippen LogP contribution in [-0.2, 0) is 11.3 Å². The van der Waals surface area contributed by atoms with Crippen LogP contribution < -0.4 is 14.8 Å². The van der Waals surface area contributed by atoms with Crippen molar-refractivity contribution in [3.8, 4) is 11.5 Å². The van der Waals surface area contributed by atoms with Gasteiger partial charge in [0.05, 0.1) is 19.8 Å². The molecule has 0 radical (unpaired) electrons. The van der Waals surface area contributed by atoms with Crippen LogP contribution in [0.3, 0.4) is 0 Å². The molecule has 1 heterocycles. The second kappa shape index (κ2) is 7.91. The van der Waals surface area contributed by atoms with E-state index < -0.39 is 0 Å². The SMILES string of the molecule is COc1cccc(C(=O)Nc2cccc(CN3CCCC3=O)c2)c1OC. The number of amides is 2. The summed E-state index contributed by atoms with van der Waals surface area (Å²) in [6.45, 7) is 1.35. The fourth-order valence-electron chi connectivity index (χ4n) is 3.10. The van der Waals surface area contributed by atoms with Gasteiger partial charge in [-0.3, -0.25) is 9.59 Å². The molecule has 0 saturated carbocycles. The Bertz CT molecular complexity index is 819. The second-order valence-electron chi connectivity index (χ2n) is 6.11. The van der Waals surface area contributed by atoms with E-state index >= 15 is 0 Å². The van der Waals surface area contributed by atoms with Crippen molar-refractivity contribution >= 4 is 17.5 Å². The molecule has 6 heteroatoms. The van der Waals surface area contributed by atoms with Crippen molar-refractivity contribution in [3.05, 3.63) is 53.6 Å². The first-order valence-electron chi connectivity index (χ1n) is 8.51. The number of anilines is 1. The Balaban J connectivity index is 1.76. The molecule has 1 aliphatic rings. The minimum Gasteiger partial charge on any atom is -0.493 e. The third-order valence-electron chi connectivity index (χ3n) is 4.38. The van der Waals surface area contributed by atoms with Crippen LogP contribution in [0.25, 0.3) is 0 Å². The third kappa shape index (κ3) is 3.79. The lowest BCUT2D eigenvalue weighted by Gasteiger charge is -2.16. The van der Waals surface area contributed by atoms with Gasteiger partial charge in [-0.05, 0) is 36.2 Å². The van der Waals surface area contributed by atoms with Crippen LogP contribution in [0.15, 0.2) is 42.5 Å². The van der Waals surface area contributed by atoms with Crippen LogP contribution in [0.1, 0.15) is 28.8 Å². The molecule has 1 saturated heterocycles. The van der Waals surface area contributed by atoms with Crippen molar-refractivity contribution in [3.63, 3.8) is 0 Å². The van der Waals surface area contributed by atoms with Crippen molar-refractivity contribution in [2.45, 2.75) is 19.4 Å². The van der Waals surface area contributed by atoms with E-state index in [1.165, 1.54) is 14.2 Å². The third-order valence-corrected chi connectivity index (χ3v) is 4.38. The van der Waals surface area contributed by atoms with Gasteiger partial charge in [-0.15, -0.1) is 0 Å². The summed E-state index contributed by atoms with van der Waals surface area (Å²) in [6.07, 6.45) is 1.52. The van der Waals surface area contributed by atoms with Crippen LogP contribution in [0, 0.1) is 0 Å². The first kappa shape index (κ1) is 17.8. The largest absolute Gasteiger partial charge is 0.493 e. The van der Waals surface area contributed by atoms with Gasteiger partial charge in [0, 0.05) is 25.2 Å². The Morgan fingerprint density at radius 2 is 1.96 bits per heavy atom. The highest BCUT2D eigenvalue weighted by atomic mass is 16.5. The Morgan fingerprint density at radius 3 is 2.65 bits per heavy atom. The highest BCUT2D eigenvalue weighted by Crippen LogP contribution is 2.31. The molecule has 26 heavy (non-hydrogen) atoms. The molecule has 1 aliphatic heterocycles. The van der Waals surface area contributed by atoms with Crippen LogP contribution in [0.4, 0.5) is 5.69 Å². The minimum atomic E-state index is -0.282. The van der Waals surface area contributed by atoms with E-state index in [0.29, 0.717) is 35.7 Å². The summed E-state index contributed by atoms with van der Waals surface area (Å²) in [7, 11) is 3.03. The monoisotopic (exact) mass is 354 g/mol. The standard InChI is InChI=1S/C20H22N2O4/c1-25-17-9-4-8-16(19(17)26-2)20(24)21-15-7-3-6-14(12-15)13-22-11-5-10-18(22)23/h3-4,6-9,12H,5,10-11,13H2,1-2H3,(H,21,24). The minimum absolute atomic E-state index is 0.181. The smallest absolute Gasteiger partial charge is 0.259 e. The number of rotatable bonds is 6. The van der Waals surface area contributed by atoms with Gasteiger partial charge in [-0.1, -0.05) is 18.2 Å². The topological polar surface area (TPSA) is 67.9 Å². The van der Waals surface area contributed by atoms with Gasteiger partial charge in [0.25, 0.3) is 5.91 Å². The zero-order valence-electron chi connectivity index (χ0n) is 15.0. The summed E-state index contributed by atoms with van der Waals surface area (Å²) in [4.78, 5) is 26.3. The van der Waals surface area contributed by atoms with Crippen LogP contribution in [0.5, 0.6) is 11.5 Å². The lowest BCUT2D eigenvalue weighted by atomic mass is 10.1. The number of ether oxygens (including phenoxy) is 2. The van der Waals surface area contributed by atoms with E-state index in [1.807, 2.05) is 29.2 Å². The maximum Gasteiger partial charge on any atom is 0.259 e. The second-order valence-corrected chi connectivity index (χ2v) is 6.11. The molecule has 0 bridgehead atoms. The number of nitrogens with zero attached hydrogens (tertiary/aromatic N) is 1. The molecule has 2 amide bonds. The summed E-state index contributed by atoms with van der Waals surface area (Å²) in [5.41, 5.74) is 2.05. The molecule has 2 aromatic rings. The highest BCUT2D eigenvalue weighted by molar-refractivity contribution is 6.06. The average molecular weight is 354 g/mol. The van der Waals surface area contributed by atoms with Gasteiger partial charge in [0.2, 0.25) is 5.91 Å². The van der Waals surface area contributed by atoms with Crippen molar-refractivity contribution in [2.24, 2.45) is 0 Å². The number of hydrogen-bond acceptors (Lipinski definition) is 4. The van der Waals surface area contributed by atoms with Crippen LogP contribution in [0.2, 0.25) is 0 Å². The Labute approximate surface area is 152 Å². The molecule has 0 atom stereocenters. The van der Waals surface area contributed by atoms with Gasteiger partial charge >= 0.3 is 0 Å². The number of methoxy groups -OCH3 is 2. The van der Waals surface area contributed by atoms with Crippen molar-refractivity contribution in [2.75, 3.05) is 26.1 Å². The average Bonchev–Trinajstić information content (AvgIpc) is 3.05. The summed E-state index contributed by atoms with van der Waals surface area (Å²) in [6, 6.07) is 12.7. The van der Waals surface area contributed by atoms with Gasteiger partial charge in [0.15, 0.2) is 11.5 Å². The van der Waals surface area contributed by atoms with Crippen molar-refractivity contribution in [1.29, 1.82) is 0 Å². The zero-order chi connectivity index (χ0) is 18.5. The molecule has 2 aromatic carbocycles. The summed E-state index contributed by atoms with van der Waals surface area (Å²) < 4.78 is 10.6. The van der Waals surface area contributed by atoms with E-state index in [9.17, 15) is 9.59 Å². The van der Waals surface area contributed by atoms with E-state index in [-0.39, 0.29) is 11.8 Å². The predicted molar refractivity (Wildman–Crippen MR) is 98.6 cm³/mol. The molecule has 3 rings (SSSR count). The Kier molecular flexibility index (Phi) is 5.41. The predicted octanol–water partition coefficient (Wildman–Crippen LogP) is 3.08. The summed E-state index contributed by atoms with van der Waals surface area (Å²) in [5, 5.41) is 2.88. The Morgan fingerprint density at radius 1 is 1.15 bits per heavy atom. The van der Waals surface area contributed by atoms with Crippen molar-refractivity contribution in [1.82, 2.24) is 4.90 Å². The molecular weight excluding hydrogens is 332 g/mol. The van der Waals surface area contributed by atoms with Crippen LogP contribution in [-0.4, -0.2) is 37.5 Å². The number of likely N-dealkylation sites (tertiary alicyclic amines) is 1. The fraction of sp³-hybridized carbons (Fsp3) is 0.300. The molecule has 0 unspecified atom stereocenters.